The van der Waals surface area contributed by atoms with Crippen LogP contribution in [0.2, 0.25) is 0 Å². The van der Waals surface area contributed by atoms with Gasteiger partial charge in [-0.3, -0.25) is 4.79 Å². The van der Waals surface area contributed by atoms with Crippen LogP contribution in [0.1, 0.15) is 32.3 Å². The smallest absolute Gasteiger partial charge is 0.331 e. The van der Waals surface area contributed by atoms with Gasteiger partial charge in [0.15, 0.2) is 6.61 Å². The first-order valence-corrected chi connectivity index (χ1v) is 7.07. The maximum absolute atomic E-state index is 12.0. The molecule has 5 heteroatoms. The van der Waals surface area contributed by atoms with Gasteiger partial charge >= 0.3 is 5.97 Å². The SMILES string of the molecule is CCC(CC)(NC(=O)COc1ccccc1C)C(=O)OC. The number of amides is 1. The normalized spacial score (nSPS) is 10.9. The Morgan fingerprint density at radius 2 is 1.81 bits per heavy atom. The molecule has 1 aromatic carbocycles. The molecule has 0 aliphatic heterocycles. The Hall–Kier alpha value is -2.04. The van der Waals surface area contributed by atoms with Crippen molar-refractivity contribution in [3.8, 4) is 5.75 Å². The molecule has 0 aliphatic carbocycles. The standard InChI is InChI=1S/C16H23NO4/c1-5-16(6-2,15(19)20-4)17-14(18)11-21-13-10-8-7-9-12(13)3/h7-10H,5-6,11H2,1-4H3,(H,17,18). The van der Waals surface area contributed by atoms with Gasteiger partial charge in [-0.15, -0.1) is 0 Å². The van der Waals surface area contributed by atoms with Gasteiger partial charge in [0.05, 0.1) is 7.11 Å². The minimum absolute atomic E-state index is 0.135. The Morgan fingerprint density at radius 3 is 2.33 bits per heavy atom. The molecule has 0 spiro atoms. The molecule has 0 saturated carbocycles. The maximum atomic E-state index is 12.0. The zero-order valence-corrected chi connectivity index (χ0v) is 13.1. The summed E-state index contributed by atoms with van der Waals surface area (Å²) in [7, 11) is 1.32. The molecule has 0 saturated heterocycles. The summed E-state index contributed by atoms with van der Waals surface area (Å²) in [6.45, 7) is 5.44. The molecule has 5 nitrogen and oxygen atoms in total. The lowest BCUT2D eigenvalue weighted by atomic mass is 9.93. The highest BCUT2D eigenvalue weighted by Gasteiger charge is 2.37. The molecule has 116 valence electrons. The molecular weight excluding hydrogens is 270 g/mol. The van der Waals surface area contributed by atoms with Crippen molar-refractivity contribution in [2.45, 2.75) is 39.2 Å². The Kier molecular flexibility index (Phi) is 6.21. The average Bonchev–Trinajstić information content (AvgIpc) is 2.51. The first-order valence-electron chi connectivity index (χ1n) is 7.07. The van der Waals surface area contributed by atoms with Gasteiger partial charge in [0.1, 0.15) is 11.3 Å². The fraction of sp³-hybridized carbons (Fsp3) is 0.500. The van der Waals surface area contributed by atoms with E-state index in [0.717, 1.165) is 5.56 Å². The van der Waals surface area contributed by atoms with E-state index in [0.29, 0.717) is 18.6 Å². The second-order valence-corrected chi connectivity index (χ2v) is 4.88. The van der Waals surface area contributed by atoms with Crippen molar-refractivity contribution in [2.75, 3.05) is 13.7 Å². The van der Waals surface area contributed by atoms with Crippen molar-refractivity contribution in [3.05, 3.63) is 29.8 Å². The Morgan fingerprint density at radius 1 is 1.19 bits per heavy atom. The topological polar surface area (TPSA) is 64.6 Å². The monoisotopic (exact) mass is 293 g/mol. The molecule has 0 bridgehead atoms. The Labute approximate surface area is 125 Å². The van der Waals surface area contributed by atoms with Crippen molar-refractivity contribution >= 4 is 11.9 Å². The second kappa shape index (κ2) is 7.67. The summed E-state index contributed by atoms with van der Waals surface area (Å²) in [5.41, 5.74) is -0.0310. The van der Waals surface area contributed by atoms with E-state index in [4.69, 9.17) is 9.47 Å². The predicted molar refractivity (Wildman–Crippen MR) is 80.1 cm³/mol. The van der Waals surface area contributed by atoms with Crippen molar-refractivity contribution in [2.24, 2.45) is 0 Å². The molecule has 1 amide bonds. The van der Waals surface area contributed by atoms with Crippen LogP contribution in [-0.2, 0) is 14.3 Å². The molecule has 0 fully saturated rings. The fourth-order valence-electron chi connectivity index (χ4n) is 2.13. The highest BCUT2D eigenvalue weighted by atomic mass is 16.5. The largest absolute Gasteiger partial charge is 0.484 e. The van der Waals surface area contributed by atoms with E-state index in [2.05, 4.69) is 5.32 Å². The third-order valence-electron chi connectivity index (χ3n) is 3.61. The minimum Gasteiger partial charge on any atom is -0.484 e. The number of benzene rings is 1. The van der Waals surface area contributed by atoms with Gasteiger partial charge in [0, 0.05) is 0 Å². The second-order valence-electron chi connectivity index (χ2n) is 4.88. The number of aryl methyl sites for hydroxylation is 1. The highest BCUT2D eigenvalue weighted by Crippen LogP contribution is 2.18. The van der Waals surface area contributed by atoms with Crippen molar-refractivity contribution < 1.29 is 19.1 Å². The van der Waals surface area contributed by atoms with Crippen LogP contribution < -0.4 is 10.1 Å². The number of carbonyl (C=O) groups excluding carboxylic acids is 2. The van der Waals surface area contributed by atoms with E-state index in [9.17, 15) is 9.59 Å². The Bertz CT molecular complexity index is 495. The highest BCUT2D eigenvalue weighted by molar-refractivity contribution is 5.88. The summed E-state index contributed by atoms with van der Waals surface area (Å²) in [6.07, 6.45) is 0.929. The molecule has 21 heavy (non-hydrogen) atoms. The lowest BCUT2D eigenvalue weighted by Crippen LogP contribution is -2.55. The number of rotatable bonds is 7. The van der Waals surface area contributed by atoms with Crippen LogP contribution in [0.15, 0.2) is 24.3 Å². The first-order chi connectivity index (χ1) is 9.99. The number of hydrogen-bond acceptors (Lipinski definition) is 4. The Balaban J connectivity index is 2.67. The molecule has 0 aromatic heterocycles. The van der Waals surface area contributed by atoms with E-state index in [1.807, 2.05) is 39.0 Å². The molecule has 0 radical (unpaired) electrons. The van der Waals surface area contributed by atoms with Crippen molar-refractivity contribution in [3.63, 3.8) is 0 Å². The molecule has 0 heterocycles. The van der Waals surface area contributed by atoms with Crippen LogP contribution in [0.4, 0.5) is 0 Å². The number of nitrogens with one attached hydrogen (secondary N) is 1. The number of ether oxygens (including phenoxy) is 2. The summed E-state index contributed by atoms with van der Waals surface area (Å²) < 4.78 is 10.3. The number of methoxy groups -OCH3 is 1. The van der Waals surface area contributed by atoms with Crippen molar-refractivity contribution in [1.29, 1.82) is 0 Å². The summed E-state index contributed by atoms with van der Waals surface area (Å²) in [4.78, 5) is 23.9. The number of carbonyl (C=O) groups is 2. The lowest BCUT2D eigenvalue weighted by Gasteiger charge is -2.29. The maximum Gasteiger partial charge on any atom is 0.331 e. The van der Waals surface area contributed by atoms with Crippen LogP contribution in [0.3, 0.4) is 0 Å². The van der Waals surface area contributed by atoms with Gasteiger partial charge in [0.2, 0.25) is 0 Å². The van der Waals surface area contributed by atoms with E-state index in [1.54, 1.807) is 6.07 Å². The van der Waals surface area contributed by atoms with Gasteiger partial charge < -0.3 is 14.8 Å². The molecule has 1 rings (SSSR count). The van der Waals surface area contributed by atoms with Gasteiger partial charge in [-0.1, -0.05) is 32.0 Å². The van der Waals surface area contributed by atoms with Gasteiger partial charge in [-0.2, -0.15) is 0 Å². The zero-order chi connectivity index (χ0) is 15.9. The van der Waals surface area contributed by atoms with Gasteiger partial charge in [-0.05, 0) is 31.4 Å². The lowest BCUT2D eigenvalue weighted by molar-refractivity contribution is -0.151. The van der Waals surface area contributed by atoms with Gasteiger partial charge in [-0.25, -0.2) is 4.79 Å². The summed E-state index contributed by atoms with van der Waals surface area (Å²) >= 11 is 0. The van der Waals surface area contributed by atoms with Crippen LogP contribution in [0.25, 0.3) is 0 Å². The van der Waals surface area contributed by atoms with Gasteiger partial charge in [0.25, 0.3) is 5.91 Å². The first kappa shape index (κ1) is 17.0. The molecule has 1 aromatic rings. The summed E-state index contributed by atoms with van der Waals surface area (Å²) in [5.74, 6) is -0.117. The average molecular weight is 293 g/mol. The number of esters is 1. The quantitative estimate of drug-likeness (QED) is 0.783. The third-order valence-corrected chi connectivity index (χ3v) is 3.61. The molecular formula is C16H23NO4. The third kappa shape index (κ3) is 4.21. The van der Waals surface area contributed by atoms with E-state index in [1.165, 1.54) is 7.11 Å². The molecule has 0 atom stereocenters. The number of hydrogen-bond donors (Lipinski definition) is 1. The van der Waals surface area contributed by atoms with E-state index < -0.39 is 11.5 Å². The zero-order valence-electron chi connectivity index (χ0n) is 13.1. The van der Waals surface area contributed by atoms with Crippen molar-refractivity contribution in [1.82, 2.24) is 5.32 Å². The van der Waals surface area contributed by atoms with Crippen LogP contribution in [-0.4, -0.2) is 31.1 Å². The molecule has 0 unspecified atom stereocenters. The van der Waals surface area contributed by atoms with E-state index in [-0.39, 0.29) is 12.5 Å². The van der Waals surface area contributed by atoms with Crippen LogP contribution in [0, 0.1) is 6.92 Å². The van der Waals surface area contributed by atoms with Crippen LogP contribution >= 0.6 is 0 Å². The summed E-state index contributed by atoms with van der Waals surface area (Å²) in [5, 5.41) is 2.73. The fourth-order valence-corrected chi connectivity index (χ4v) is 2.13. The predicted octanol–water partition coefficient (Wildman–Crippen LogP) is 2.22. The molecule has 1 N–H and O–H groups in total. The van der Waals surface area contributed by atoms with E-state index >= 15 is 0 Å². The molecule has 0 aliphatic rings. The summed E-state index contributed by atoms with van der Waals surface area (Å²) in [6, 6.07) is 7.45. The minimum atomic E-state index is -0.985. The number of para-hydroxylation sites is 1. The van der Waals surface area contributed by atoms with Crippen LogP contribution in [0.5, 0.6) is 5.75 Å².